The average molecular weight is 242 g/mol. The lowest BCUT2D eigenvalue weighted by molar-refractivity contribution is 0.996. The molecule has 78 valence electrons. The Hall–Kier alpha value is -1.15. The van der Waals surface area contributed by atoms with Crippen molar-refractivity contribution in [3.8, 4) is 0 Å². The molecular weight excluding hydrogens is 233 g/mol. The van der Waals surface area contributed by atoms with Crippen LogP contribution < -0.4 is 0 Å². The minimum absolute atomic E-state index is 0.450. The summed E-state index contributed by atoms with van der Waals surface area (Å²) in [6.45, 7) is 0.450. The smallest absolute Gasteiger partial charge is 0.0479 e. The third-order valence-corrected chi connectivity index (χ3v) is 2.29. The van der Waals surface area contributed by atoms with E-state index >= 15 is 0 Å². The van der Waals surface area contributed by atoms with Gasteiger partial charge in [0.1, 0.15) is 0 Å². The van der Waals surface area contributed by atoms with Crippen LogP contribution >= 0.6 is 23.2 Å². The summed E-state index contributed by atoms with van der Waals surface area (Å²) in [7, 11) is 0. The van der Waals surface area contributed by atoms with Gasteiger partial charge in [-0.1, -0.05) is 40.5 Å². The maximum atomic E-state index is 8.06. The zero-order chi connectivity index (χ0) is 11.1. The lowest BCUT2D eigenvalue weighted by Crippen LogP contribution is -1.77. The van der Waals surface area contributed by atoms with Crippen LogP contribution in [0.15, 0.2) is 29.4 Å². The molecule has 0 amide bonds. The van der Waals surface area contributed by atoms with Crippen molar-refractivity contribution in [2.24, 2.45) is 5.11 Å². The molecule has 1 aromatic rings. The van der Waals surface area contributed by atoms with Gasteiger partial charge < -0.3 is 0 Å². The molecule has 0 spiro atoms. The Morgan fingerprint density at radius 3 is 2.93 bits per heavy atom. The van der Waals surface area contributed by atoms with E-state index in [4.69, 9.17) is 28.7 Å². The van der Waals surface area contributed by atoms with E-state index in [1.165, 1.54) is 0 Å². The number of hydrogen-bond acceptors (Lipinski definition) is 1. The molecule has 0 aromatic heterocycles. The van der Waals surface area contributed by atoms with E-state index in [0.29, 0.717) is 23.0 Å². The molecule has 0 atom stereocenters. The highest BCUT2D eigenvalue weighted by molar-refractivity contribution is 6.34. The number of benzene rings is 1. The molecule has 0 unspecified atom stereocenters. The first-order valence-electron chi connectivity index (χ1n) is 4.36. The van der Waals surface area contributed by atoms with Crippen molar-refractivity contribution >= 4 is 29.3 Å². The fraction of sp³-hybridized carbons (Fsp3) is 0.200. The minimum atomic E-state index is 0.450. The molecule has 1 aromatic carbocycles. The van der Waals surface area contributed by atoms with Crippen molar-refractivity contribution in [2.45, 2.75) is 6.42 Å². The van der Waals surface area contributed by atoms with Crippen molar-refractivity contribution in [2.75, 3.05) is 6.54 Å². The van der Waals surface area contributed by atoms with Crippen LogP contribution in [0, 0.1) is 0 Å². The molecule has 0 aliphatic carbocycles. The Bertz CT molecular complexity index is 409. The standard InChI is InChI=1S/C10H9Cl2N3/c11-9-4-5-10(12)8(7-9)3-1-2-6-14-15-13/h1,3-5,7H,2,6H2. The Labute approximate surface area is 97.9 Å². The van der Waals surface area contributed by atoms with E-state index in [1.807, 2.05) is 12.2 Å². The van der Waals surface area contributed by atoms with Crippen LogP contribution in [0.1, 0.15) is 12.0 Å². The zero-order valence-corrected chi connectivity index (χ0v) is 9.41. The Morgan fingerprint density at radius 1 is 1.40 bits per heavy atom. The van der Waals surface area contributed by atoms with Gasteiger partial charge in [-0.2, -0.15) is 0 Å². The van der Waals surface area contributed by atoms with Crippen molar-refractivity contribution < 1.29 is 0 Å². The van der Waals surface area contributed by atoms with Crippen LogP contribution in [0.4, 0.5) is 0 Å². The van der Waals surface area contributed by atoms with Gasteiger partial charge in [0, 0.05) is 21.5 Å². The number of halogens is 2. The van der Waals surface area contributed by atoms with Gasteiger partial charge in [0.05, 0.1) is 0 Å². The normalized spacial score (nSPS) is 10.3. The Balaban J connectivity index is 2.63. The summed E-state index contributed by atoms with van der Waals surface area (Å²) >= 11 is 11.8. The second-order valence-electron chi connectivity index (χ2n) is 2.81. The topological polar surface area (TPSA) is 48.8 Å². The van der Waals surface area contributed by atoms with Gasteiger partial charge >= 0.3 is 0 Å². The summed E-state index contributed by atoms with van der Waals surface area (Å²) in [5.41, 5.74) is 8.92. The predicted octanol–water partition coefficient (Wildman–Crippen LogP) is 4.71. The highest BCUT2D eigenvalue weighted by atomic mass is 35.5. The van der Waals surface area contributed by atoms with Gasteiger partial charge in [-0.3, -0.25) is 0 Å². The van der Waals surface area contributed by atoms with Crippen LogP contribution in [0.5, 0.6) is 0 Å². The van der Waals surface area contributed by atoms with Gasteiger partial charge in [0.2, 0.25) is 0 Å². The van der Waals surface area contributed by atoms with Gasteiger partial charge in [0.15, 0.2) is 0 Å². The maximum absolute atomic E-state index is 8.06. The van der Waals surface area contributed by atoms with Gasteiger partial charge in [-0.25, -0.2) is 0 Å². The SMILES string of the molecule is [N-]=[N+]=NCCC=Cc1cc(Cl)ccc1Cl. The number of hydrogen-bond donors (Lipinski definition) is 0. The highest BCUT2D eigenvalue weighted by Crippen LogP contribution is 2.21. The lowest BCUT2D eigenvalue weighted by Gasteiger charge is -1.98. The quantitative estimate of drug-likeness (QED) is 0.318. The summed E-state index contributed by atoms with van der Waals surface area (Å²) < 4.78 is 0. The monoisotopic (exact) mass is 241 g/mol. The predicted molar refractivity (Wildman–Crippen MR) is 64.1 cm³/mol. The summed E-state index contributed by atoms with van der Waals surface area (Å²) in [5.74, 6) is 0. The molecule has 0 aliphatic rings. The number of rotatable bonds is 4. The zero-order valence-electron chi connectivity index (χ0n) is 7.90. The molecule has 0 aliphatic heterocycles. The van der Waals surface area contributed by atoms with Crippen LogP contribution in [0.25, 0.3) is 16.5 Å². The van der Waals surface area contributed by atoms with Crippen molar-refractivity contribution in [3.05, 3.63) is 50.3 Å². The molecule has 15 heavy (non-hydrogen) atoms. The molecule has 3 nitrogen and oxygen atoms in total. The fourth-order valence-electron chi connectivity index (χ4n) is 1.03. The second kappa shape index (κ2) is 6.36. The fourth-order valence-corrected chi connectivity index (χ4v) is 1.39. The molecule has 0 saturated carbocycles. The van der Waals surface area contributed by atoms with Gasteiger partial charge in [0.25, 0.3) is 0 Å². The van der Waals surface area contributed by atoms with E-state index in [1.54, 1.807) is 18.2 Å². The van der Waals surface area contributed by atoms with E-state index in [9.17, 15) is 0 Å². The second-order valence-corrected chi connectivity index (χ2v) is 3.65. The first-order chi connectivity index (χ1) is 7.24. The third-order valence-electron chi connectivity index (χ3n) is 1.71. The summed E-state index contributed by atoms with van der Waals surface area (Å²) in [6, 6.07) is 5.27. The van der Waals surface area contributed by atoms with Crippen molar-refractivity contribution in [3.63, 3.8) is 0 Å². The van der Waals surface area contributed by atoms with Crippen LogP contribution in [0.2, 0.25) is 10.0 Å². The van der Waals surface area contributed by atoms with Gasteiger partial charge in [-0.05, 0) is 35.7 Å². The first kappa shape index (κ1) is 11.9. The molecule has 0 N–H and O–H groups in total. The number of nitrogens with zero attached hydrogens (tertiary/aromatic N) is 3. The summed E-state index contributed by atoms with van der Waals surface area (Å²) in [5, 5.41) is 4.71. The molecule has 0 radical (unpaired) electrons. The van der Waals surface area contributed by atoms with Crippen LogP contribution in [0.3, 0.4) is 0 Å². The first-order valence-corrected chi connectivity index (χ1v) is 5.12. The molecule has 0 heterocycles. The molecule has 0 fully saturated rings. The van der Waals surface area contributed by atoms with E-state index in [-0.39, 0.29) is 0 Å². The Kier molecular flexibility index (Phi) is 5.05. The van der Waals surface area contributed by atoms with E-state index in [0.717, 1.165) is 5.56 Å². The molecule has 0 bridgehead atoms. The molecule has 1 rings (SSSR count). The summed E-state index contributed by atoms with van der Waals surface area (Å²) in [4.78, 5) is 2.66. The van der Waals surface area contributed by atoms with Crippen molar-refractivity contribution in [1.29, 1.82) is 0 Å². The maximum Gasteiger partial charge on any atom is 0.0479 e. The van der Waals surface area contributed by atoms with E-state index in [2.05, 4.69) is 10.0 Å². The van der Waals surface area contributed by atoms with Gasteiger partial charge in [-0.15, -0.1) is 0 Å². The highest BCUT2D eigenvalue weighted by Gasteiger charge is 1.96. The number of azide groups is 1. The largest absolute Gasteiger partial charge is 0.0937 e. The lowest BCUT2D eigenvalue weighted by atomic mass is 10.2. The molecular formula is C10H9Cl2N3. The van der Waals surface area contributed by atoms with Crippen LogP contribution in [-0.4, -0.2) is 6.54 Å². The van der Waals surface area contributed by atoms with E-state index < -0.39 is 0 Å². The third kappa shape index (κ3) is 4.26. The Morgan fingerprint density at radius 2 is 2.20 bits per heavy atom. The van der Waals surface area contributed by atoms with Crippen molar-refractivity contribution in [1.82, 2.24) is 0 Å². The van der Waals surface area contributed by atoms with Crippen LogP contribution in [-0.2, 0) is 0 Å². The molecule has 5 heteroatoms. The average Bonchev–Trinajstić information content (AvgIpc) is 2.23. The minimum Gasteiger partial charge on any atom is -0.0937 e. The summed E-state index contributed by atoms with van der Waals surface area (Å²) in [6.07, 6.45) is 4.44. The molecule has 0 saturated heterocycles.